The van der Waals surface area contributed by atoms with Gasteiger partial charge in [0.15, 0.2) is 11.4 Å². The molecule has 0 aromatic heterocycles. The zero-order valence-corrected chi connectivity index (χ0v) is 8.03. The third kappa shape index (κ3) is 1.39. The van der Waals surface area contributed by atoms with E-state index in [4.69, 9.17) is 4.74 Å². The Hall–Kier alpha value is -1.38. The first-order valence-electron chi connectivity index (χ1n) is 4.77. The van der Waals surface area contributed by atoms with E-state index in [2.05, 4.69) is 0 Å². The van der Waals surface area contributed by atoms with Gasteiger partial charge in [0.05, 0.1) is 0 Å². The van der Waals surface area contributed by atoms with E-state index < -0.39 is 5.60 Å². The summed E-state index contributed by atoms with van der Waals surface area (Å²) in [7, 11) is 0. The summed E-state index contributed by atoms with van der Waals surface area (Å²) in [5.74, 6) is -0.00278. The first-order chi connectivity index (χ1) is 6.62. The van der Waals surface area contributed by atoms with Gasteiger partial charge in [-0.1, -0.05) is 6.92 Å². The Labute approximate surface area is 82.4 Å². The average Bonchev–Trinajstić information content (AvgIpc) is 2.17. The number of carbonyl (C=O) groups is 2. The minimum atomic E-state index is -0.663. The van der Waals surface area contributed by atoms with Crippen molar-refractivity contribution in [2.45, 2.75) is 25.4 Å². The van der Waals surface area contributed by atoms with Crippen LogP contribution in [0.4, 0.5) is 0 Å². The van der Waals surface area contributed by atoms with Gasteiger partial charge < -0.3 is 4.74 Å². The Balaban J connectivity index is 2.29. The lowest BCUT2D eigenvalue weighted by atomic mass is 9.80. The van der Waals surface area contributed by atoms with E-state index in [9.17, 15) is 9.59 Å². The van der Waals surface area contributed by atoms with Crippen LogP contribution in [0.3, 0.4) is 0 Å². The molecule has 2 rings (SSSR count). The van der Waals surface area contributed by atoms with Gasteiger partial charge in [0, 0.05) is 12.3 Å². The molecule has 1 fully saturated rings. The highest BCUT2D eigenvalue weighted by Gasteiger charge is 2.40. The van der Waals surface area contributed by atoms with Crippen molar-refractivity contribution in [2.24, 2.45) is 5.92 Å². The average molecular weight is 192 g/mol. The molecule has 1 aliphatic carbocycles. The van der Waals surface area contributed by atoms with Crippen molar-refractivity contribution in [1.29, 1.82) is 0 Å². The Morgan fingerprint density at radius 1 is 1.36 bits per heavy atom. The number of ether oxygens (including phenoxy) is 1. The van der Waals surface area contributed by atoms with Crippen molar-refractivity contribution in [3.05, 3.63) is 24.3 Å². The molecule has 0 aromatic carbocycles. The molecule has 0 radical (unpaired) electrons. The van der Waals surface area contributed by atoms with Crippen LogP contribution in [0.5, 0.6) is 0 Å². The third-order valence-corrected chi connectivity index (χ3v) is 2.86. The van der Waals surface area contributed by atoms with Crippen LogP contribution >= 0.6 is 0 Å². The van der Waals surface area contributed by atoms with Crippen LogP contribution in [-0.2, 0) is 14.3 Å². The number of carbonyl (C=O) groups excluding carboxylic acids is 2. The van der Waals surface area contributed by atoms with Crippen LogP contribution in [0.1, 0.15) is 19.8 Å². The van der Waals surface area contributed by atoms with Crippen molar-refractivity contribution < 1.29 is 14.3 Å². The van der Waals surface area contributed by atoms with Crippen molar-refractivity contribution in [1.82, 2.24) is 0 Å². The van der Waals surface area contributed by atoms with Gasteiger partial charge in [-0.3, -0.25) is 9.59 Å². The van der Waals surface area contributed by atoms with Gasteiger partial charge >= 0.3 is 5.97 Å². The maximum absolute atomic E-state index is 11.2. The minimum absolute atomic E-state index is 0.0514. The molecule has 3 heteroatoms. The van der Waals surface area contributed by atoms with Gasteiger partial charge in [0.2, 0.25) is 0 Å². The summed E-state index contributed by atoms with van der Waals surface area (Å²) in [5, 5.41) is 0. The van der Waals surface area contributed by atoms with Crippen LogP contribution in [0.2, 0.25) is 0 Å². The maximum atomic E-state index is 11.2. The fourth-order valence-electron chi connectivity index (χ4n) is 1.84. The molecular weight excluding hydrogens is 180 g/mol. The molecule has 1 saturated heterocycles. The Bertz CT molecular complexity index is 322. The topological polar surface area (TPSA) is 43.4 Å². The Kier molecular flexibility index (Phi) is 2.02. The second kappa shape index (κ2) is 3.08. The summed E-state index contributed by atoms with van der Waals surface area (Å²) >= 11 is 0. The van der Waals surface area contributed by atoms with Crippen molar-refractivity contribution in [2.75, 3.05) is 0 Å². The van der Waals surface area contributed by atoms with Gasteiger partial charge in [-0.15, -0.1) is 0 Å². The van der Waals surface area contributed by atoms with Crippen LogP contribution in [-0.4, -0.2) is 17.4 Å². The fourth-order valence-corrected chi connectivity index (χ4v) is 1.84. The lowest BCUT2D eigenvalue weighted by molar-refractivity contribution is -0.162. The van der Waals surface area contributed by atoms with Crippen LogP contribution in [0.15, 0.2) is 24.3 Å². The van der Waals surface area contributed by atoms with E-state index in [1.165, 1.54) is 12.2 Å². The maximum Gasteiger partial charge on any atom is 0.306 e. The smallest absolute Gasteiger partial charge is 0.306 e. The predicted molar refractivity (Wildman–Crippen MR) is 50.5 cm³/mol. The van der Waals surface area contributed by atoms with E-state index >= 15 is 0 Å². The summed E-state index contributed by atoms with van der Waals surface area (Å²) < 4.78 is 5.31. The lowest BCUT2D eigenvalue weighted by Crippen LogP contribution is -2.43. The van der Waals surface area contributed by atoms with Gasteiger partial charge in [-0.05, 0) is 30.7 Å². The number of hydrogen-bond acceptors (Lipinski definition) is 3. The number of hydrogen-bond donors (Lipinski definition) is 0. The summed E-state index contributed by atoms with van der Waals surface area (Å²) in [6.45, 7) is 2.02. The third-order valence-electron chi connectivity index (χ3n) is 2.86. The molecule has 74 valence electrons. The molecule has 0 aromatic rings. The first-order valence-corrected chi connectivity index (χ1v) is 4.77. The van der Waals surface area contributed by atoms with Crippen LogP contribution < -0.4 is 0 Å². The molecule has 14 heavy (non-hydrogen) atoms. The molecule has 1 aliphatic heterocycles. The quantitative estimate of drug-likeness (QED) is 0.545. The number of rotatable bonds is 0. The highest BCUT2D eigenvalue weighted by atomic mass is 16.6. The van der Waals surface area contributed by atoms with E-state index in [-0.39, 0.29) is 17.7 Å². The second-order valence-electron chi connectivity index (χ2n) is 3.84. The largest absolute Gasteiger partial charge is 0.450 e. The normalized spacial score (nSPS) is 29.4. The molecule has 0 bridgehead atoms. The van der Waals surface area contributed by atoms with E-state index in [0.29, 0.717) is 6.42 Å². The molecule has 0 saturated carbocycles. The molecule has 0 N–H and O–H groups in total. The second-order valence-corrected chi connectivity index (χ2v) is 3.84. The molecule has 3 nitrogen and oxygen atoms in total. The zero-order valence-electron chi connectivity index (χ0n) is 8.03. The van der Waals surface area contributed by atoms with E-state index in [0.717, 1.165) is 6.42 Å². The van der Waals surface area contributed by atoms with Crippen LogP contribution in [0, 0.1) is 5.92 Å². The number of ketones is 1. The van der Waals surface area contributed by atoms with Crippen molar-refractivity contribution in [3.63, 3.8) is 0 Å². The van der Waals surface area contributed by atoms with Gasteiger partial charge in [-0.25, -0.2) is 0 Å². The van der Waals surface area contributed by atoms with Gasteiger partial charge in [0.25, 0.3) is 0 Å². The summed E-state index contributed by atoms with van der Waals surface area (Å²) in [5.41, 5.74) is -0.663. The van der Waals surface area contributed by atoms with Crippen LogP contribution in [0.25, 0.3) is 0 Å². The molecular formula is C11H12O3. The summed E-state index contributed by atoms with van der Waals surface area (Å²) in [6.07, 6.45) is 7.60. The zero-order chi connectivity index (χ0) is 10.2. The number of allylic oxidation sites excluding steroid dienone is 2. The van der Waals surface area contributed by atoms with Crippen molar-refractivity contribution >= 4 is 11.8 Å². The monoisotopic (exact) mass is 192 g/mol. The SMILES string of the molecule is CC1CCC(=O)OC12C=CC(=O)C=C2. The lowest BCUT2D eigenvalue weighted by Gasteiger charge is -2.38. The molecule has 1 heterocycles. The fraction of sp³-hybridized carbons (Fsp3) is 0.455. The Morgan fingerprint density at radius 3 is 2.64 bits per heavy atom. The standard InChI is InChI=1S/C11H12O3/c1-8-2-3-10(13)14-11(8)6-4-9(12)5-7-11/h4-8H,2-3H2,1H3. The van der Waals surface area contributed by atoms with E-state index in [1.54, 1.807) is 12.2 Å². The predicted octanol–water partition coefficient (Wildman–Crippen LogP) is 1.39. The molecule has 1 atom stereocenters. The minimum Gasteiger partial charge on any atom is -0.450 e. The molecule has 0 amide bonds. The van der Waals surface area contributed by atoms with E-state index in [1.807, 2.05) is 6.92 Å². The highest BCUT2D eigenvalue weighted by molar-refractivity contribution is 6.00. The molecule has 2 aliphatic rings. The highest BCUT2D eigenvalue weighted by Crippen LogP contribution is 2.35. The molecule has 1 spiro atoms. The Morgan fingerprint density at radius 2 is 2.00 bits per heavy atom. The summed E-state index contributed by atoms with van der Waals surface area (Å²) in [4.78, 5) is 22.2. The molecule has 1 unspecified atom stereocenters. The number of esters is 1. The first kappa shape index (κ1) is 9.19. The summed E-state index contributed by atoms with van der Waals surface area (Å²) in [6, 6.07) is 0. The van der Waals surface area contributed by atoms with Gasteiger partial charge in [-0.2, -0.15) is 0 Å². The van der Waals surface area contributed by atoms with Gasteiger partial charge in [0.1, 0.15) is 0 Å². The van der Waals surface area contributed by atoms with Crippen molar-refractivity contribution in [3.8, 4) is 0 Å².